The van der Waals surface area contributed by atoms with Gasteiger partial charge in [0.05, 0.1) is 12.3 Å². The van der Waals surface area contributed by atoms with Gasteiger partial charge in [-0.15, -0.1) is 24.0 Å². The number of halogens is 1. The van der Waals surface area contributed by atoms with Crippen LogP contribution in [0.5, 0.6) is 0 Å². The maximum atomic E-state index is 11.9. The Morgan fingerprint density at radius 1 is 1.46 bits per heavy atom. The van der Waals surface area contributed by atoms with Crippen LogP contribution < -0.4 is 10.6 Å². The molecule has 0 saturated carbocycles. The molecule has 2 N–H and O–H groups in total. The fourth-order valence-electron chi connectivity index (χ4n) is 2.97. The second-order valence-corrected chi connectivity index (χ2v) is 6.79. The van der Waals surface area contributed by atoms with E-state index in [1.165, 1.54) is 4.90 Å². The molecular weight excluding hydrogens is 473 g/mol. The summed E-state index contributed by atoms with van der Waals surface area (Å²) in [6, 6.07) is 3.83. The van der Waals surface area contributed by atoms with Crippen molar-refractivity contribution in [3.8, 4) is 0 Å². The SMILES string of the molecule is Cc1nc2n(n1)CCCC2NC(=NCC(=O)N(C)C)NCCc1ccco1.I. The van der Waals surface area contributed by atoms with E-state index in [9.17, 15) is 4.79 Å². The van der Waals surface area contributed by atoms with Gasteiger partial charge in [0, 0.05) is 33.6 Å². The normalized spacial score (nSPS) is 16.1. The molecule has 1 amide bonds. The van der Waals surface area contributed by atoms with Crippen molar-refractivity contribution in [2.24, 2.45) is 4.99 Å². The average molecular weight is 501 g/mol. The van der Waals surface area contributed by atoms with Gasteiger partial charge in [0.1, 0.15) is 24.0 Å². The summed E-state index contributed by atoms with van der Waals surface area (Å²) in [6.07, 6.45) is 4.35. The Labute approximate surface area is 182 Å². The van der Waals surface area contributed by atoms with Gasteiger partial charge >= 0.3 is 0 Å². The lowest BCUT2D eigenvalue weighted by molar-refractivity contribution is -0.127. The zero-order chi connectivity index (χ0) is 19.2. The topological polar surface area (TPSA) is 101 Å². The number of rotatable bonds is 6. The molecule has 0 saturated heterocycles. The van der Waals surface area contributed by atoms with Gasteiger partial charge in [0.15, 0.2) is 5.96 Å². The number of aliphatic imine (C=N–C) groups is 1. The van der Waals surface area contributed by atoms with Gasteiger partial charge in [-0.3, -0.25) is 4.79 Å². The number of hydrogen-bond donors (Lipinski definition) is 2. The van der Waals surface area contributed by atoms with Crippen LogP contribution in [-0.4, -0.2) is 58.7 Å². The van der Waals surface area contributed by atoms with Gasteiger partial charge in [0.2, 0.25) is 5.91 Å². The van der Waals surface area contributed by atoms with Crippen LogP contribution in [0.25, 0.3) is 0 Å². The first-order valence-electron chi connectivity index (χ1n) is 9.21. The van der Waals surface area contributed by atoms with E-state index in [-0.39, 0.29) is 42.5 Å². The van der Waals surface area contributed by atoms with E-state index in [1.54, 1.807) is 20.4 Å². The third kappa shape index (κ3) is 5.94. The van der Waals surface area contributed by atoms with Crippen molar-refractivity contribution in [1.82, 2.24) is 30.3 Å². The number of aryl methyl sites for hydroxylation is 2. The summed E-state index contributed by atoms with van der Waals surface area (Å²) in [7, 11) is 3.45. The standard InChI is InChI=1S/C18H27N7O2.HI/c1-13-21-17-15(7-4-10-25(17)23-13)22-18(20-12-16(26)24(2)3)19-9-8-14-6-5-11-27-14;/h5-6,11,15H,4,7-10,12H2,1-3H3,(H2,19,20,22);1H. The van der Waals surface area contributed by atoms with Crippen LogP contribution in [0.3, 0.4) is 0 Å². The fourth-order valence-corrected chi connectivity index (χ4v) is 2.97. The van der Waals surface area contributed by atoms with Gasteiger partial charge in [-0.1, -0.05) is 0 Å². The highest BCUT2D eigenvalue weighted by Crippen LogP contribution is 2.22. The molecule has 1 unspecified atom stereocenters. The summed E-state index contributed by atoms with van der Waals surface area (Å²) in [5, 5.41) is 11.1. The molecule has 3 heterocycles. The molecule has 1 aliphatic rings. The summed E-state index contributed by atoms with van der Waals surface area (Å²) < 4.78 is 7.31. The van der Waals surface area contributed by atoms with Gasteiger partial charge < -0.3 is 20.0 Å². The summed E-state index contributed by atoms with van der Waals surface area (Å²) in [6.45, 7) is 3.51. The van der Waals surface area contributed by atoms with Crippen molar-refractivity contribution >= 4 is 35.8 Å². The van der Waals surface area contributed by atoms with Crippen molar-refractivity contribution in [1.29, 1.82) is 0 Å². The molecule has 28 heavy (non-hydrogen) atoms. The maximum Gasteiger partial charge on any atom is 0.243 e. The predicted octanol–water partition coefficient (Wildman–Crippen LogP) is 1.50. The predicted molar refractivity (Wildman–Crippen MR) is 117 cm³/mol. The van der Waals surface area contributed by atoms with E-state index >= 15 is 0 Å². The number of amides is 1. The van der Waals surface area contributed by atoms with E-state index in [0.717, 1.165) is 43.2 Å². The van der Waals surface area contributed by atoms with E-state index in [0.29, 0.717) is 12.5 Å². The van der Waals surface area contributed by atoms with Crippen molar-refractivity contribution in [2.45, 2.75) is 38.8 Å². The van der Waals surface area contributed by atoms with Crippen LogP contribution in [0.4, 0.5) is 0 Å². The molecular formula is C18H28IN7O2. The first-order valence-corrected chi connectivity index (χ1v) is 9.21. The lowest BCUT2D eigenvalue weighted by Crippen LogP contribution is -2.43. The minimum Gasteiger partial charge on any atom is -0.469 e. The highest BCUT2D eigenvalue weighted by atomic mass is 127. The Hall–Kier alpha value is -2.11. The minimum absolute atomic E-state index is 0. The van der Waals surface area contributed by atoms with Crippen LogP contribution in [0, 0.1) is 6.92 Å². The number of hydrogen-bond acceptors (Lipinski definition) is 5. The monoisotopic (exact) mass is 501 g/mol. The Kier molecular flexibility index (Phi) is 8.27. The van der Waals surface area contributed by atoms with Crippen molar-refractivity contribution in [3.63, 3.8) is 0 Å². The smallest absolute Gasteiger partial charge is 0.243 e. The molecule has 2 aromatic heterocycles. The molecule has 0 bridgehead atoms. The average Bonchev–Trinajstić information content (AvgIpc) is 3.28. The van der Waals surface area contributed by atoms with E-state index in [1.807, 2.05) is 23.7 Å². The quantitative estimate of drug-likeness (QED) is 0.354. The van der Waals surface area contributed by atoms with E-state index in [2.05, 4.69) is 25.7 Å². The van der Waals surface area contributed by atoms with E-state index < -0.39 is 0 Å². The second kappa shape index (κ2) is 10.4. The number of likely N-dealkylation sites (N-methyl/N-ethyl adjacent to an activating group) is 1. The maximum absolute atomic E-state index is 11.9. The number of carbonyl (C=O) groups excluding carboxylic acids is 1. The third-order valence-electron chi connectivity index (χ3n) is 4.41. The molecule has 10 heteroatoms. The largest absolute Gasteiger partial charge is 0.469 e. The van der Waals surface area contributed by atoms with Crippen molar-refractivity contribution in [3.05, 3.63) is 35.8 Å². The van der Waals surface area contributed by atoms with Crippen LogP contribution in [0.15, 0.2) is 27.8 Å². The first-order chi connectivity index (χ1) is 13.0. The summed E-state index contributed by atoms with van der Waals surface area (Å²) in [4.78, 5) is 22.5. The molecule has 3 rings (SSSR count). The summed E-state index contributed by atoms with van der Waals surface area (Å²) >= 11 is 0. The number of carbonyl (C=O) groups is 1. The molecule has 2 aromatic rings. The molecule has 0 radical (unpaired) electrons. The van der Waals surface area contributed by atoms with Gasteiger partial charge in [-0.25, -0.2) is 14.7 Å². The Morgan fingerprint density at radius 2 is 2.29 bits per heavy atom. The Balaban J connectivity index is 0.00000280. The molecule has 154 valence electrons. The molecule has 1 aliphatic heterocycles. The highest BCUT2D eigenvalue weighted by molar-refractivity contribution is 14.0. The fraction of sp³-hybridized carbons (Fsp3) is 0.556. The van der Waals surface area contributed by atoms with Crippen molar-refractivity contribution in [2.75, 3.05) is 27.2 Å². The van der Waals surface area contributed by atoms with Crippen molar-refractivity contribution < 1.29 is 9.21 Å². The highest BCUT2D eigenvalue weighted by Gasteiger charge is 2.24. The summed E-state index contributed by atoms with van der Waals surface area (Å²) in [5.41, 5.74) is 0. The second-order valence-electron chi connectivity index (χ2n) is 6.79. The molecule has 0 spiro atoms. The van der Waals surface area contributed by atoms with Crippen LogP contribution in [0.1, 0.15) is 36.3 Å². The molecule has 0 fully saturated rings. The Morgan fingerprint density at radius 3 is 3.00 bits per heavy atom. The van der Waals surface area contributed by atoms with Gasteiger partial charge in [-0.05, 0) is 31.9 Å². The number of fused-ring (bicyclic) bond motifs is 1. The molecule has 0 aromatic carbocycles. The molecule has 0 aliphatic carbocycles. The van der Waals surface area contributed by atoms with Crippen LogP contribution in [0.2, 0.25) is 0 Å². The number of guanidine groups is 1. The lowest BCUT2D eigenvalue weighted by atomic mass is 10.1. The number of nitrogens with one attached hydrogen (secondary N) is 2. The lowest BCUT2D eigenvalue weighted by Gasteiger charge is -2.25. The molecule has 1 atom stereocenters. The number of aromatic nitrogens is 3. The summed E-state index contributed by atoms with van der Waals surface area (Å²) in [5.74, 6) is 3.13. The van der Waals surface area contributed by atoms with E-state index in [4.69, 9.17) is 4.42 Å². The zero-order valence-corrected chi connectivity index (χ0v) is 18.8. The minimum atomic E-state index is -0.0511. The number of furan rings is 1. The zero-order valence-electron chi connectivity index (χ0n) is 16.5. The van der Waals surface area contributed by atoms with Crippen LogP contribution in [-0.2, 0) is 17.8 Å². The first kappa shape index (κ1) is 22.2. The van der Waals surface area contributed by atoms with Gasteiger partial charge in [0.25, 0.3) is 0 Å². The van der Waals surface area contributed by atoms with Crippen LogP contribution >= 0.6 is 24.0 Å². The molecule has 9 nitrogen and oxygen atoms in total. The number of nitrogens with zero attached hydrogens (tertiary/aromatic N) is 5. The Bertz CT molecular complexity index is 786. The third-order valence-corrected chi connectivity index (χ3v) is 4.41. The van der Waals surface area contributed by atoms with Gasteiger partial charge in [-0.2, -0.15) is 5.10 Å².